The lowest BCUT2D eigenvalue weighted by molar-refractivity contribution is -0.157. The second-order valence-corrected chi connectivity index (χ2v) is 7.57. The van der Waals surface area contributed by atoms with Gasteiger partial charge in [0, 0.05) is 23.7 Å². The van der Waals surface area contributed by atoms with Crippen LogP contribution in [0.5, 0.6) is 0 Å². The number of aliphatic carboxylic acids is 1. The van der Waals surface area contributed by atoms with Gasteiger partial charge in [0.2, 0.25) is 11.8 Å². The maximum atomic E-state index is 12.3. The Balaban J connectivity index is 1.57. The highest BCUT2D eigenvalue weighted by Crippen LogP contribution is 2.44. The fraction of sp³-hybridized carbons (Fsp3) is 0.550. The molecule has 0 spiro atoms. The topological polar surface area (TPSA) is 95.5 Å². The minimum absolute atomic E-state index is 0.0129. The highest BCUT2D eigenvalue weighted by molar-refractivity contribution is 5.96. The molecule has 6 nitrogen and oxygen atoms in total. The normalized spacial score (nSPS) is 19.2. The number of carboxylic acids is 1. The van der Waals surface area contributed by atoms with Crippen molar-refractivity contribution in [3.63, 3.8) is 0 Å². The fourth-order valence-corrected chi connectivity index (χ4v) is 3.87. The molecule has 0 heterocycles. The van der Waals surface area contributed by atoms with Crippen LogP contribution in [0.3, 0.4) is 0 Å². The van der Waals surface area contributed by atoms with Crippen molar-refractivity contribution < 1.29 is 19.5 Å². The molecule has 0 unspecified atom stereocenters. The molecular formula is C20H26N2O4. The first-order valence-corrected chi connectivity index (χ1v) is 9.43. The molecule has 2 aliphatic carbocycles. The molecule has 0 aromatic heterocycles. The van der Waals surface area contributed by atoms with Gasteiger partial charge in [-0.3, -0.25) is 14.4 Å². The van der Waals surface area contributed by atoms with Gasteiger partial charge in [-0.1, -0.05) is 31.7 Å². The quantitative estimate of drug-likeness (QED) is 0.721. The number of rotatable bonds is 6. The molecule has 26 heavy (non-hydrogen) atoms. The summed E-state index contributed by atoms with van der Waals surface area (Å²) in [5.41, 5.74) is 0.308. The van der Waals surface area contributed by atoms with Gasteiger partial charge in [-0.05, 0) is 43.9 Å². The van der Waals surface area contributed by atoms with Crippen molar-refractivity contribution >= 4 is 29.2 Å². The zero-order valence-electron chi connectivity index (χ0n) is 14.9. The third kappa shape index (κ3) is 4.23. The van der Waals surface area contributed by atoms with Crippen molar-refractivity contribution in [1.29, 1.82) is 0 Å². The zero-order valence-corrected chi connectivity index (χ0v) is 14.9. The molecule has 0 aliphatic heterocycles. The van der Waals surface area contributed by atoms with Crippen molar-refractivity contribution in [2.45, 2.75) is 57.8 Å². The summed E-state index contributed by atoms with van der Waals surface area (Å²) >= 11 is 0. The van der Waals surface area contributed by atoms with Crippen LogP contribution >= 0.6 is 0 Å². The first-order valence-electron chi connectivity index (χ1n) is 9.43. The van der Waals surface area contributed by atoms with Gasteiger partial charge in [0.15, 0.2) is 0 Å². The predicted molar refractivity (Wildman–Crippen MR) is 98.8 cm³/mol. The van der Waals surface area contributed by atoms with Crippen LogP contribution in [0.1, 0.15) is 57.8 Å². The number of anilines is 2. The number of carbonyl (C=O) groups is 3. The fourth-order valence-electron chi connectivity index (χ4n) is 3.87. The molecule has 0 radical (unpaired) electrons. The van der Waals surface area contributed by atoms with E-state index in [1.54, 1.807) is 24.3 Å². The molecule has 0 saturated heterocycles. The van der Waals surface area contributed by atoms with Gasteiger partial charge in [-0.25, -0.2) is 0 Å². The highest BCUT2D eigenvalue weighted by Gasteiger charge is 2.45. The summed E-state index contributed by atoms with van der Waals surface area (Å²) in [6.45, 7) is 0. The van der Waals surface area contributed by atoms with Crippen molar-refractivity contribution in [2.24, 2.45) is 11.3 Å². The van der Waals surface area contributed by atoms with E-state index in [0.717, 1.165) is 32.1 Å². The van der Waals surface area contributed by atoms with Gasteiger partial charge in [-0.2, -0.15) is 0 Å². The Morgan fingerprint density at radius 1 is 1.00 bits per heavy atom. The van der Waals surface area contributed by atoms with Gasteiger partial charge in [0.25, 0.3) is 0 Å². The van der Waals surface area contributed by atoms with Crippen LogP contribution in [0.25, 0.3) is 0 Å². The predicted octanol–water partition coefficient (Wildman–Crippen LogP) is 3.79. The van der Waals surface area contributed by atoms with Crippen molar-refractivity contribution in [3.8, 4) is 0 Å². The Labute approximate surface area is 153 Å². The largest absolute Gasteiger partial charge is 0.481 e. The van der Waals surface area contributed by atoms with Gasteiger partial charge in [0.05, 0.1) is 5.41 Å². The van der Waals surface area contributed by atoms with Crippen molar-refractivity contribution in [3.05, 3.63) is 24.3 Å². The van der Waals surface area contributed by atoms with E-state index in [9.17, 15) is 19.5 Å². The molecule has 2 fully saturated rings. The van der Waals surface area contributed by atoms with Crippen LogP contribution in [0, 0.1) is 11.3 Å². The maximum absolute atomic E-state index is 12.3. The number of carbonyl (C=O) groups excluding carboxylic acids is 2. The van der Waals surface area contributed by atoms with E-state index in [4.69, 9.17) is 0 Å². The monoisotopic (exact) mass is 358 g/mol. The highest BCUT2D eigenvalue weighted by atomic mass is 16.4. The summed E-state index contributed by atoms with van der Waals surface area (Å²) in [6.07, 6.45) is 7.19. The number of carboxylic acid groups (broad SMARTS) is 1. The molecule has 3 N–H and O–H groups in total. The van der Waals surface area contributed by atoms with E-state index >= 15 is 0 Å². The van der Waals surface area contributed by atoms with Crippen LogP contribution in [0.15, 0.2) is 24.3 Å². The third-order valence-electron chi connectivity index (χ3n) is 5.65. The molecule has 3 rings (SSSR count). The third-order valence-corrected chi connectivity index (χ3v) is 5.65. The minimum Gasteiger partial charge on any atom is -0.481 e. The molecule has 2 saturated carbocycles. The van der Waals surface area contributed by atoms with E-state index in [1.807, 2.05) is 0 Å². The van der Waals surface area contributed by atoms with Gasteiger partial charge >= 0.3 is 5.97 Å². The average Bonchev–Trinajstić information content (AvgIpc) is 2.59. The molecule has 6 heteroatoms. The summed E-state index contributed by atoms with van der Waals surface area (Å²) in [6, 6.07) is 7.01. The Kier molecular flexibility index (Phi) is 5.59. The Morgan fingerprint density at radius 3 is 2.23 bits per heavy atom. The van der Waals surface area contributed by atoms with E-state index in [0.29, 0.717) is 24.2 Å². The lowest BCUT2D eigenvalue weighted by Crippen LogP contribution is -2.41. The van der Waals surface area contributed by atoms with Gasteiger partial charge in [-0.15, -0.1) is 0 Å². The van der Waals surface area contributed by atoms with Gasteiger partial charge in [0.1, 0.15) is 0 Å². The molecule has 2 aliphatic rings. The molecule has 0 bridgehead atoms. The Bertz CT molecular complexity index is 691. The summed E-state index contributed by atoms with van der Waals surface area (Å²) in [5.74, 6) is -1.10. The second-order valence-electron chi connectivity index (χ2n) is 7.57. The number of hydrogen-bond acceptors (Lipinski definition) is 3. The molecule has 1 aromatic rings. The summed E-state index contributed by atoms with van der Waals surface area (Å²) < 4.78 is 0. The van der Waals surface area contributed by atoms with Gasteiger partial charge < -0.3 is 15.7 Å². The van der Waals surface area contributed by atoms with Crippen molar-refractivity contribution in [1.82, 2.24) is 0 Å². The van der Waals surface area contributed by atoms with Crippen LogP contribution in [-0.2, 0) is 14.4 Å². The number of nitrogens with one attached hydrogen (secondary N) is 2. The summed E-state index contributed by atoms with van der Waals surface area (Å²) in [4.78, 5) is 36.0. The van der Waals surface area contributed by atoms with Crippen LogP contribution < -0.4 is 10.6 Å². The van der Waals surface area contributed by atoms with Crippen LogP contribution in [-0.4, -0.2) is 22.9 Å². The Hall–Kier alpha value is -2.37. The molecule has 2 amide bonds. The summed E-state index contributed by atoms with van der Waals surface area (Å²) in [7, 11) is 0. The zero-order chi connectivity index (χ0) is 18.6. The van der Waals surface area contributed by atoms with E-state index in [1.165, 1.54) is 6.42 Å². The second kappa shape index (κ2) is 7.89. The molecular weight excluding hydrogens is 332 g/mol. The van der Waals surface area contributed by atoms with Crippen LogP contribution in [0.2, 0.25) is 0 Å². The Morgan fingerprint density at radius 2 is 1.65 bits per heavy atom. The number of hydrogen-bond donors (Lipinski definition) is 3. The molecule has 140 valence electrons. The maximum Gasteiger partial charge on any atom is 0.310 e. The lowest BCUT2D eigenvalue weighted by atomic mass is 9.66. The number of amides is 2. The standard InChI is InChI=1S/C20H26N2O4/c23-17(13-20(19(25)26)10-5-11-20)21-15-8-4-9-16(12-15)22-18(24)14-6-2-1-3-7-14/h4,8-9,12,14H,1-3,5-7,10-11,13H2,(H,21,23)(H,22,24)(H,25,26). The first-order chi connectivity index (χ1) is 12.5. The number of benzene rings is 1. The van der Waals surface area contributed by atoms with E-state index in [-0.39, 0.29) is 24.2 Å². The minimum atomic E-state index is -0.906. The molecule has 0 atom stereocenters. The van der Waals surface area contributed by atoms with Crippen molar-refractivity contribution in [2.75, 3.05) is 10.6 Å². The smallest absolute Gasteiger partial charge is 0.310 e. The first kappa shape index (κ1) is 18.4. The van der Waals surface area contributed by atoms with E-state index in [2.05, 4.69) is 10.6 Å². The lowest BCUT2D eigenvalue weighted by Gasteiger charge is -2.36. The van der Waals surface area contributed by atoms with E-state index < -0.39 is 11.4 Å². The average molecular weight is 358 g/mol. The SMILES string of the molecule is O=C(CC1(C(=O)O)CCC1)Nc1cccc(NC(=O)C2CCCCC2)c1. The molecule has 1 aromatic carbocycles. The summed E-state index contributed by atoms with van der Waals surface area (Å²) in [5, 5.41) is 15.0. The van der Waals surface area contributed by atoms with Crippen LogP contribution in [0.4, 0.5) is 11.4 Å².